The summed E-state index contributed by atoms with van der Waals surface area (Å²) in [7, 11) is -1.79. The predicted molar refractivity (Wildman–Crippen MR) is 125 cm³/mol. The highest BCUT2D eigenvalue weighted by atomic mass is 35.5. The lowest BCUT2D eigenvalue weighted by atomic mass is 10.1. The number of fused-ring (bicyclic) bond motifs is 1. The Morgan fingerprint density at radius 1 is 1.09 bits per heavy atom. The van der Waals surface area contributed by atoms with Crippen LogP contribution in [0.15, 0.2) is 35.2 Å². The molecule has 0 saturated carbocycles. The monoisotopic (exact) mass is 491 g/mol. The van der Waals surface area contributed by atoms with Gasteiger partial charge in [0.2, 0.25) is 10.0 Å². The SMILES string of the molecule is Cc1cc(C)c(S(=O)(=O)N2CCc3c(c(COCc4ccc(F)cc4Cl)nn3C)C2)cc1C. The van der Waals surface area contributed by atoms with Crippen molar-refractivity contribution in [3.63, 3.8) is 0 Å². The van der Waals surface area contributed by atoms with Crippen molar-refractivity contribution in [1.29, 1.82) is 0 Å². The van der Waals surface area contributed by atoms with Crippen LogP contribution in [0.3, 0.4) is 0 Å². The van der Waals surface area contributed by atoms with Gasteiger partial charge in [-0.1, -0.05) is 23.7 Å². The van der Waals surface area contributed by atoms with Gasteiger partial charge in [0, 0.05) is 42.8 Å². The molecule has 0 spiro atoms. The molecule has 176 valence electrons. The van der Waals surface area contributed by atoms with Gasteiger partial charge in [0.25, 0.3) is 0 Å². The first-order valence-electron chi connectivity index (χ1n) is 10.7. The number of ether oxygens (including phenoxy) is 1. The third-order valence-electron chi connectivity index (χ3n) is 6.21. The van der Waals surface area contributed by atoms with Gasteiger partial charge in [0.15, 0.2) is 0 Å². The summed E-state index contributed by atoms with van der Waals surface area (Å²) in [4.78, 5) is 0.349. The molecule has 0 N–H and O–H groups in total. The number of benzene rings is 2. The van der Waals surface area contributed by atoms with Gasteiger partial charge in [-0.05, 0) is 61.2 Å². The molecule has 6 nitrogen and oxygen atoms in total. The standard InChI is InChI=1S/C24H27ClFN3O3S/c1-15-9-17(3)24(10-16(15)2)33(30,31)29-8-7-23-20(12-29)22(27-28(23)4)14-32-13-18-5-6-19(26)11-21(18)25/h5-6,9-11H,7-8,12-14H2,1-4H3. The summed E-state index contributed by atoms with van der Waals surface area (Å²) in [5.41, 5.74) is 6.03. The lowest BCUT2D eigenvalue weighted by molar-refractivity contribution is 0.103. The van der Waals surface area contributed by atoms with Gasteiger partial charge in [-0.2, -0.15) is 9.40 Å². The van der Waals surface area contributed by atoms with Crippen LogP contribution in [0.25, 0.3) is 0 Å². The van der Waals surface area contributed by atoms with Crippen LogP contribution in [0.4, 0.5) is 4.39 Å². The van der Waals surface area contributed by atoms with Crippen LogP contribution in [0, 0.1) is 26.6 Å². The molecule has 4 rings (SSSR count). The van der Waals surface area contributed by atoms with E-state index in [9.17, 15) is 12.8 Å². The molecule has 1 aromatic heterocycles. The van der Waals surface area contributed by atoms with E-state index in [0.29, 0.717) is 34.1 Å². The van der Waals surface area contributed by atoms with Gasteiger partial charge in [0.1, 0.15) is 5.82 Å². The zero-order valence-corrected chi connectivity index (χ0v) is 20.7. The Balaban J connectivity index is 1.54. The number of rotatable bonds is 6. The second-order valence-corrected chi connectivity index (χ2v) is 10.8. The minimum atomic E-state index is -3.65. The summed E-state index contributed by atoms with van der Waals surface area (Å²) in [5.74, 6) is -0.400. The predicted octanol–water partition coefficient (Wildman–Crippen LogP) is 4.60. The lowest BCUT2D eigenvalue weighted by Crippen LogP contribution is -2.36. The largest absolute Gasteiger partial charge is 0.370 e. The second-order valence-electron chi connectivity index (χ2n) is 8.51. The molecule has 2 aromatic carbocycles. The van der Waals surface area contributed by atoms with E-state index in [-0.39, 0.29) is 19.8 Å². The molecule has 0 unspecified atom stereocenters. The molecule has 1 aliphatic rings. The number of aryl methyl sites for hydroxylation is 4. The van der Waals surface area contributed by atoms with Crippen molar-refractivity contribution in [1.82, 2.24) is 14.1 Å². The van der Waals surface area contributed by atoms with Gasteiger partial charge in [-0.3, -0.25) is 4.68 Å². The zero-order valence-electron chi connectivity index (χ0n) is 19.2. The average molecular weight is 492 g/mol. The maximum atomic E-state index is 13.5. The Labute approximate surface area is 199 Å². The van der Waals surface area contributed by atoms with Crippen molar-refractivity contribution in [2.24, 2.45) is 7.05 Å². The number of nitrogens with zero attached hydrogens (tertiary/aromatic N) is 3. The van der Waals surface area contributed by atoms with Gasteiger partial charge >= 0.3 is 0 Å². The molecule has 0 fully saturated rings. The summed E-state index contributed by atoms with van der Waals surface area (Å²) < 4.78 is 49.4. The first-order chi connectivity index (χ1) is 15.6. The molecule has 0 atom stereocenters. The number of hydrogen-bond donors (Lipinski definition) is 0. The highest BCUT2D eigenvalue weighted by molar-refractivity contribution is 7.89. The molecular formula is C24H27ClFN3O3S. The Kier molecular flexibility index (Phi) is 6.64. The Bertz CT molecular complexity index is 1320. The van der Waals surface area contributed by atoms with E-state index in [1.54, 1.807) is 16.8 Å². The summed E-state index contributed by atoms with van der Waals surface area (Å²) in [6.07, 6.45) is 0.575. The highest BCUT2D eigenvalue weighted by Crippen LogP contribution is 2.30. The van der Waals surface area contributed by atoms with Gasteiger partial charge < -0.3 is 4.74 Å². The molecule has 3 aromatic rings. The van der Waals surface area contributed by atoms with E-state index >= 15 is 0 Å². The lowest BCUT2D eigenvalue weighted by Gasteiger charge is -2.28. The normalized spacial score (nSPS) is 14.5. The van der Waals surface area contributed by atoms with Crippen molar-refractivity contribution in [2.75, 3.05) is 6.54 Å². The van der Waals surface area contributed by atoms with Crippen molar-refractivity contribution in [2.45, 2.75) is 51.8 Å². The van der Waals surface area contributed by atoms with Crippen LogP contribution in [0.5, 0.6) is 0 Å². The average Bonchev–Trinajstić information content (AvgIpc) is 3.07. The van der Waals surface area contributed by atoms with Crippen molar-refractivity contribution < 1.29 is 17.5 Å². The fraction of sp³-hybridized carbons (Fsp3) is 0.375. The minimum Gasteiger partial charge on any atom is -0.370 e. The van der Waals surface area contributed by atoms with E-state index in [1.807, 2.05) is 33.9 Å². The van der Waals surface area contributed by atoms with Crippen molar-refractivity contribution in [3.8, 4) is 0 Å². The molecule has 1 aliphatic heterocycles. The number of hydrogen-bond acceptors (Lipinski definition) is 4. The van der Waals surface area contributed by atoms with Crippen molar-refractivity contribution in [3.05, 3.63) is 80.4 Å². The van der Waals surface area contributed by atoms with E-state index in [4.69, 9.17) is 16.3 Å². The quantitative estimate of drug-likeness (QED) is 0.505. The molecular weight excluding hydrogens is 465 g/mol. The Morgan fingerprint density at radius 3 is 2.55 bits per heavy atom. The molecule has 0 saturated heterocycles. The van der Waals surface area contributed by atoms with Crippen LogP contribution in [0.2, 0.25) is 5.02 Å². The molecule has 0 radical (unpaired) electrons. The van der Waals surface area contributed by atoms with Gasteiger partial charge in [-0.15, -0.1) is 0 Å². The molecule has 2 heterocycles. The van der Waals surface area contributed by atoms with E-state index in [2.05, 4.69) is 5.10 Å². The second kappa shape index (κ2) is 9.18. The highest BCUT2D eigenvalue weighted by Gasteiger charge is 2.33. The first kappa shape index (κ1) is 23.9. The van der Waals surface area contributed by atoms with Crippen LogP contribution in [-0.4, -0.2) is 29.0 Å². The van der Waals surface area contributed by atoms with Crippen LogP contribution < -0.4 is 0 Å². The van der Waals surface area contributed by atoms with Gasteiger partial charge in [0.05, 0.1) is 23.8 Å². The van der Waals surface area contributed by atoms with Crippen LogP contribution >= 0.6 is 11.6 Å². The number of halogens is 2. The van der Waals surface area contributed by atoms with E-state index in [1.165, 1.54) is 16.4 Å². The van der Waals surface area contributed by atoms with Crippen molar-refractivity contribution >= 4 is 21.6 Å². The fourth-order valence-electron chi connectivity index (χ4n) is 4.21. The zero-order chi connectivity index (χ0) is 23.9. The maximum absolute atomic E-state index is 13.5. The van der Waals surface area contributed by atoms with E-state index < -0.39 is 15.8 Å². The molecule has 9 heteroatoms. The first-order valence-corrected chi connectivity index (χ1v) is 12.5. The summed E-state index contributed by atoms with van der Waals surface area (Å²) in [5, 5.41) is 4.87. The third-order valence-corrected chi connectivity index (χ3v) is 8.55. The third kappa shape index (κ3) is 4.71. The van der Waals surface area contributed by atoms with Crippen LogP contribution in [0.1, 0.15) is 39.2 Å². The smallest absolute Gasteiger partial charge is 0.243 e. The molecule has 0 bridgehead atoms. The maximum Gasteiger partial charge on any atom is 0.243 e. The molecule has 33 heavy (non-hydrogen) atoms. The van der Waals surface area contributed by atoms with Crippen LogP contribution in [-0.2, 0) is 48.0 Å². The van der Waals surface area contributed by atoms with E-state index in [0.717, 1.165) is 27.9 Å². The Hall–Kier alpha value is -2.26. The molecule has 0 amide bonds. The Morgan fingerprint density at radius 2 is 1.82 bits per heavy atom. The van der Waals surface area contributed by atoms with Gasteiger partial charge in [-0.25, -0.2) is 12.8 Å². The summed E-state index contributed by atoms with van der Waals surface area (Å²) >= 11 is 6.08. The number of aromatic nitrogens is 2. The number of sulfonamides is 1. The molecule has 0 aliphatic carbocycles. The topological polar surface area (TPSA) is 64.4 Å². The minimum absolute atomic E-state index is 0.202. The fourth-order valence-corrected chi connectivity index (χ4v) is 6.14. The summed E-state index contributed by atoms with van der Waals surface area (Å²) in [6.45, 7) is 6.78. The summed E-state index contributed by atoms with van der Waals surface area (Å²) in [6, 6.07) is 7.85.